The van der Waals surface area contributed by atoms with Gasteiger partial charge in [-0.25, -0.2) is 0 Å². The SMILES string of the molecule is CN(C)C(=O)c1ccc(N)c(N2CCNC(=O)C2(C)C)c1. The van der Waals surface area contributed by atoms with Crippen LogP contribution in [0, 0.1) is 0 Å². The summed E-state index contributed by atoms with van der Waals surface area (Å²) in [5.74, 6) is -0.131. The standard InChI is InChI=1S/C15H22N4O2/c1-15(2)14(21)17-7-8-19(15)12-9-10(5-6-11(12)16)13(20)18(3)4/h5-6,9H,7-8,16H2,1-4H3,(H,17,21). The van der Waals surface area contributed by atoms with E-state index in [0.717, 1.165) is 5.69 Å². The van der Waals surface area contributed by atoms with Crippen LogP contribution in [0.2, 0.25) is 0 Å². The number of piperazine rings is 1. The van der Waals surface area contributed by atoms with Gasteiger partial charge in [-0.05, 0) is 32.0 Å². The molecule has 0 aliphatic carbocycles. The maximum absolute atomic E-state index is 12.1. The van der Waals surface area contributed by atoms with E-state index >= 15 is 0 Å². The summed E-state index contributed by atoms with van der Waals surface area (Å²) in [4.78, 5) is 27.6. The van der Waals surface area contributed by atoms with E-state index in [1.165, 1.54) is 4.90 Å². The first kappa shape index (κ1) is 15.2. The van der Waals surface area contributed by atoms with Crippen LogP contribution in [0.5, 0.6) is 0 Å². The summed E-state index contributed by atoms with van der Waals surface area (Å²) in [5.41, 5.74) is 7.21. The summed E-state index contributed by atoms with van der Waals surface area (Å²) in [6.45, 7) is 4.92. The van der Waals surface area contributed by atoms with Gasteiger partial charge in [0.05, 0.1) is 11.4 Å². The molecule has 6 nitrogen and oxygen atoms in total. The van der Waals surface area contributed by atoms with Gasteiger partial charge in [-0.3, -0.25) is 9.59 Å². The molecule has 0 unspecified atom stereocenters. The lowest BCUT2D eigenvalue weighted by atomic mass is 9.97. The van der Waals surface area contributed by atoms with E-state index in [9.17, 15) is 9.59 Å². The van der Waals surface area contributed by atoms with Crippen molar-refractivity contribution < 1.29 is 9.59 Å². The molecule has 6 heteroatoms. The molecule has 114 valence electrons. The van der Waals surface area contributed by atoms with Crippen molar-refractivity contribution in [1.82, 2.24) is 10.2 Å². The number of benzene rings is 1. The number of nitrogens with zero attached hydrogens (tertiary/aromatic N) is 2. The van der Waals surface area contributed by atoms with Gasteiger partial charge < -0.3 is 20.9 Å². The number of amides is 2. The van der Waals surface area contributed by atoms with Gasteiger partial charge in [-0.15, -0.1) is 0 Å². The van der Waals surface area contributed by atoms with E-state index in [1.54, 1.807) is 32.3 Å². The first-order valence-corrected chi connectivity index (χ1v) is 6.92. The highest BCUT2D eigenvalue weighted by atomic mass is 16.2. The zero-order chi connectivity index (χ0) is 15.8. The second kappa shape index (κ2) is 5.27. The van der Waals surface area contributed by atoms with E-state index in [2.05, 4.69) is 5.32 Å². The lowest BCUT2D eigenvalue weighted by molar-refractivity contribution is -0.126. The van der Waals surface area contributed by atoms with Gasteiger partial charge in [0, 0.05) is 32.7 Å². The van der Waals surface area contributed by atoms with Crippen LogP contribution in [0.25, 0.3) is 0 Å². The zero-order valence-electron chi connectivity index (χ0n) is 12.9. The Labute approximate surface area is 124 Å². The van der Waals surface area contributed by atoms with Crippen molar-refractivity contribution in [3.63, 3.8) is 0 Å². The fourth-order valence-corrected chi connectivity index (χ4v) is 2.49. The van der Waals surface area contributed by atoms with E-state index in [1.807, 2.05) is 18.7 Å². The third-order valence-electron chi connectivity index (χ3n) is 3.83. The lowest BCUT2D eigenvalue weighted by Crippen LogP contribution is -2.62. The minimum Gasteiger partial charge on any atom is -0.397 e. The van der Waals surface area contributed by atoms with Crippen LogP contribution >= 0.6 is 0 Å². The molecular weight excluding hydrogens is 268 g/mol. The number of nitrogens with two attached hydrogens (primary N) is 1. The van der Waals surface area contributed by atoms with Crippen molar-refractivity contribution in [2.24, 2.45) is 0 Å². The summed E-state index contributed by atoms with van der Waals surface area (Å²) in [7, 11) is 3.41. The van der Waals surface area contributed by atoms with Gasteiger partial charge >= 0.3 is 0 Å². The molecule has 1 heterocycles. The Morgan fingerprint density at radius 1 is 1.38 bits per heavy atom. The van der Waals surface area contributed by atoms with Gasteiger partial charge in [0.15, 0.2) is 0 Å². The Balaban J connectivity index is 2.45. The highest BCUT2D eigenvalue weighted by Gasteiger charge is 2.38. The van der Waals surface area contributed by atoms with E-state index in [-0.39, 0.29) is 11.8 Å². The summed E-state index contributed by atoms with van der Waals surface area (Å²) < 4.78 is 0. The molecule has 0 atom stereocenters. The van der Waals surface area contributed by atoms with E-state index in [0.29, 0.717) is 24.3 Å². The predicted octanol–water partition coefficient (Wildman–Crippen LogP) is 0.685. The molecule has 0 spiro atoms. The monoisotopic (exact) mass is 290 g/mol. The number of anilines is 2. The Hall–Kier alpha value is -2.24. The maximum atomic E-state index is 12.1. The van der Waals surface area contributed by atoms with Crippen molar-refractivity contribution >= 4 is 23.2 Å². The molecular formula is C15H22N4O2. The second-order valence-corrected chi connectivity index (χ2v) is 5.94. The fraction of sp³-hybridized carbons (Fsp3) is 0.467. The van der Waals surface area contributed by atoms with Crippen LogP contribution in [0.3, 0.4) is 0 Å². The molecule has 0 saturated carbocycles. The summed E-state index contributed by atoms with van der Waals surface area (Å²) in [5, 5.41) is 2.85. The molecule has 1 fully saturated rings. The summed E-state index contributed by atoms with van der Waals surface area (Å²) in [6, 6.07) is 5.19. The van der Waals surface area contributed by atoms with Crippen molar-refractivity contribution in [1.29, 1.82) is 0 Å². The van der Waals surface area contributed by atoms with Gasteiger partial charge in [-0.2, -0.15) is 0 Å². The van der Waals surface area contributed by atoms with Crippen molar-refractivity contribution in [2.45, 2.75) is 19.4 Å². The van der Waals surface area contributed by atoms with Crippen LogP contribution < -0.4 is 16.0 Å². The smallest absolute Gasteiger partial charge is 0.253 e. The average Bonchev–Trinajstić information content (AvgIpc) is 2.42. The number of hydrogen-bond donors (Lipinski definition) is 2. The Morgan fingerprint density at radius 2 is 2.05 bits per heavy atom. The molecule has 21 heavy (non-hydrogen) atoms. The Morgan fingerprint density at radius 3 is 2.67 bits per heavy atom. The lowest BCUT2D eigenvalue weighted by Gasteiger charge is -2.43. The zero-order valence-corrected chi connectivity index (χ0v) is 12.9. The number of carbonyl (C=O) groups is 2. The number of nitrogens with one attached hydrogen (secondary N) is 1. The molecule has 0 radical (unpaired) electrons. The van der Waals surface area contributed by atoms with Crippen molar-refractivity contribution in [3.05, 3.63) is 23.8 Å². The number of nitrogen functional groups attached to an aromatic ring is 1. The van der Waals surface area contributed by atoms with Crippen molar-refractivity contribution in [3.8, 4) is 0 Å². The summed E-state index contributed by atoms with van der Waals surface area (Å²) in [6.07, 6.45) is 0. The normalized spacial score (nSPS) is 17.3. The molecule has 0 bridgehead atoms. The number of carbonyl (C=O) groups excluding carboxylic acids is 2. The first-order chi connectivity index (χ1) is 9.75. The van der Waals surface area contributed by atoms with Gasteiger partial charge in [-0.1, -0.05) is 0 Å². The predicted molar refractivity (Wildman–Crippen MR) is 83.3 cm³/mol. The second-order valence-electron chi connectivity index (χ2n) is 5.94. The quantitative estimate of drug-likeness (QED) is 0.785. The van der Waals surface area contributed by atoms with Crippen LogP contribution in [-0.4, -0.2) is 49.4 Å². The minimum atomic E-state index is -0.702. The molecule has 1 aliphatic rings. The summed E-state index contributed by atoms with van der Waals surface area (Å²) >= 11 is 0. The van der Waals surface area contributed by atoms with Crippen LogP contribution in [0.15, 0.2) is 18.2 Å². The molecule has 1 aromatic rings. The third-order valence-corrected chi connectivity index (χ3v) is 3.83. The minimum absolute atomic E-state index is 0.0440. The van der Waals surface area contributed by atoms with Crippen LogP contribution in [-0.2, 0) is 4.79 Å². The highest BCUT2D eigenvalue weighted by molar-refractivity contribution is 5.97. The van der Waals surface area contributed by atoms with Crippen molar-refractivity contribution in [2.75, 3.05) is 37.8 Å². The van der Waals surface area contributed by atoms with Crippen LogP contribution in [0.4, 0.5) is 11.4 Å². The molecule has 2 rings (SSSR count). The largest absolute Gasteiger partial charge is 0.397 e. The molecule has 1 saturated heterocycles. The average molecular weight is 290 g/mol. The fourth-order valence-electron chi connectivity index (χ4n) is 2.49. The maximum Gasteiger partial charge on any atom is 0.253 e. The van der Waals surface area contributed by atoms with Gasteiger partial charge in [0.1, 0.15) is 5.54 Å². The molecule has 1 aliphatic heterocycles. The molecule has 3 N–H and O–H groups in total. The topological polar surface area (TPSA) is 78.7 Å². The third kappa shape index (κ3) is 2.66. The van der Waals surface area contributed by atoms with E-state index < -0.39 is 5.54 Å². The molecule has 0 aromatic heterocycles. The van der Waals surface area contributed by atoms with Gasteiger partial charge in [0.2, 0.25) is 5.91 Å². The Bertz CT molecular complexity index is 581. The number of hydrogen-bond acceptors (Lipinski definition) is 4. The molecule has 1 aromatic carbocycles. The number of rotatable bonds is 2. The Kier molecular flexibility index (Phi) is 3.80. The molecule has 2 amide bonds. The van der Waals surface area contributed by atoms with E-state index in [4.69, 9.17) is 5.73 Å². The first-order valence-electron chi connectivity index (χ1n) is 6.92. The van der Waals surface area contributed by atoms with Gasteiger partial charge in [0.25, 0.3) is 5.91 Å². The highest BCUT2D eigenvalue weighted by Crippen LogP contribution is 2.32. The van der Waals surface area contributed by atoms with Crippen LogP contribution in [0.1, 0.15) is 24.2 Å².